The molecule has 0 bridgehead atoms. The van der Waals surface area contributed by atoms with Gasteiger partial charge in [-0.1, -0.05) is 12.1 Å². The molecule has 0 saturated heterocycles. The molecule has 0 saturated carbocycles. The fraction of sp³-hybridized carbons (Fsp3) is 0.300. The zero-order chi connectivity index (χ0) is 10.6. The van der Waals surface area contributed by atoms with Crippen molar-refractivity contribution in [2.24, 2.45) is 5.73 Å². The molecule has 1 aromatic carbocycles. The maximum absolute atomic E-state index is 13.1. The maximum atomic E-state index is 13.1. The number of nitrogens with one attached hydrogen (secondary N) is 1. The van der Waals surface area contributed by atoms with Crippen LogP contribution in [0.3, 0.4) is 0 Å². The summed E-state index contributed by atoms with van der Waals surface area (Å²) >= 11 is 0. The molecule has 1 atom stereocenters. The van der Waals surface area contributed by atoms with Crippen molar-refractivity contribution in [3.05, 3.63) is 35.6 Å². The number of amides is 1. The van der Waals surface area contributed by atoms with Crippen molar-refractivity contribution < 1.29 is 9.18 Å². The average Bonchev–Trinajstić information content (AvgIpc) is 2.18. The number of carbonyl (C=O) groups is 1. The second kappa shape index (κ2) is 4.72. The topological polar surface area (TPSA) is 55.1 Å². The third-order valence-corrected chi connectivity index (χ3v) is 1.85. The lowest BCUT2D eigenvalue weighted by Gasteiger charge is -2.11. The van der Waals surface area contributed by atoms with Gasteiger partial charge in [-0.3, -0.25) is 4.79 Å². The summed E-state index contributed by atoms with van der Waals surface area (Å²) in [6.07, 6.45) is 0. The van der Waals surface area contributed by atoms with Crippen LogP contribution in [0.5, 0.6) is 0 Å². The number of hydrogen-bond donors (Lipinski definition) is 2. The second-order valence-corrected chi connectivity index (χ2v) is 3.09. The van der Waals surface area contributed by atoms with Gasteiger partial charge in [0.1, 0.15) is 5.82 Å². The molecule has 0 aliphatic rings. The first-order valence-corrected chi connectivity index (χ1v) is 4.40. The molecule has 0 spiro atoms. The summed E-state index contributed by atoms with van der Waals surface area (Å²) in [5.74, 6) is -0.949. The van der Waals surface area contributed by atoms with E-state index in [2.05, 4.69) is 5.32 Å². The summed E-state index contributed by atoms with van der Waals surface area (Å²) in [6.45, 7) is 2.10. The number of halogens is 1. The van der Waals surface area contributed by atoms with Crippen LogP contribution in [0.4, 0.5) is 4.39 Å². The summed E-state index contributed by atoms with van der Waals surface area (Å²) in [4.78, 5) is 11.4. The molecule has 1 aromatic rings. The molecule has 14 heavy (non-hydrogen) atoms. The molecule has 0 radical (unpaired) electrons. The Labute approximate surface area is 82.1 Å². The van der Waals surface area contributed by atoms with E-state index in [0.29, 0.717) is 6.54 Å². The fourth-order valence-electron chi connectivity index (χ4n) is 1.01. The van der Waals surface area contributed by atoms with Gasteiger partial charge in [0, 0.05) is 12.6 Å². The molecular weight excluding hydrogens is 183 g/mol. The van der Waals surface area contributed by atoms with Gasteiger partial charge in [-0.15, -0.1) is 0 Å². The van der Waals surface area contributed by atoms with Crippen molar-refractivity contribution in [2.75, 3.05) is 6.54 Å². The predicted molar refractivity (Wildman–Crippen MR) is 52.4 cm³/mol. The summed E-state index contributed by atoms with van der Waals surface area (Å²) in [7, 11) is 0. The SMILES string of the molecule is CC(CN)NC(=O)c1ccccc1F. The average molecular weight is 196 g/mol. The van der Waals surface area contributed by atoms with Crippen LogP contribution in [0.2, 0.25) is 0 Å². The van der Waals surface area contributed by atoms with E-state index in [1.54, 1.807) is 19.1 Å². The Bertz CT molecular complexity index is 328. The molecular formula is C10H13FN2O. The molecule has 3 N–H and O–H groups in total. The van der Waals surface area contributed by atoms with Crippen LogP contribution in [0.15, 0.2) is 24.3 Å². The van der Waals surface area contributed by atoms with Gasteiger partial charge < -0.3 is 11.1 Å². The fourth-order valence-corrected chi connectivity index (χ4v) is 1.01. The van der Waals surface area contributed by atoms with Crippen LogP contribution >= 0.6 is 0 Å². The maximum Gasteiger partial charge on any atom is 0.254 e. The number of benzene rings is 1. The number of rotatable bonds is 3. The largest absolute Gasteiger partial charge is 0.348 e. The van der Waals surface area contributed by atoms with Crippen molar-refractivity contribution >= 4 is 5.91 Å². The first-order valence-electron chi connectivity index (χ1n) is 4.40. The Morgan fingerprint density at radius 3 is 2.79 bits per heavy atom. The predicted octanol–water partition coefficient (Wildman–Crippen LogP) is 0.903. The quantitative estimate of drug-likeness (QED) is 0.754. The van der Waals surface area contributed by atoms with Crippen molar-refractivity contribution in [1.82, 2.24) is 5.32 Å². The van der Waals surface area contributed by atoms with Crippen LogP contribution in [-0.4, -0.2) is 18.5 Å². The van der Waals surface area contributed by atoms with Crippen LogP contribution < -0.4 is 11.1 Å². The van der Waals surface area contributed by atoms with E-state index in [-0.39, 0.29) is 11.6 Å². The minimum absolute atomic E-state index is 0.0489. The summed E-state index contributed by atoms with van der Waals surface area (Å²) in [5, 5.41) is 2.58. The minimum atomic E-state index is -0.519. The highest BCUT2D eigenvalue weighted by Crippen LogP contribution is 2.05. The number of nitrogens with two attached hydrogens (primary N) is 1. The summed E-state index contributed by atoms with van der Waals surface area (Å²) < 4.78 is 13.1. The molecule has 1 rings (SSSR count). The molecule has 1 unspecified atom stereocenters. The first-order chi connectivity index (χ1) is 6.65. The Balaban J connectivity index is 2.75. The monoisotopic (exact) mass is 196 g/mol. The number of hydrogen-bond acceptors (Lipinski definition) is 2. The van der Waals surface area contributed by atoms with Gasteiger partial charge >= 0.3 is 0 Å². The van der Waals surface area contributed by atoms with Crippen LogP contribution in [0, 0.1) is 5.82 Å². The van der Waals surface area contributed by atoms with E-state index in [4.69, 9.17) is 5.73 Å². The van der Waals surface area contributed by atoms with Gasteiger partial charge in [0.05, 0.1) is 5.56 Å². The second-order valence-electron chi connectivity index (χ2n) is 3.09. The Morgan fingerprint density at radius 2 is 2.21 bits per heavy atom. The summed E-state index contributed by atoms with van der Waals surface area (Å²) in [6, 6.07) is 5.70. The minimum Gasteiger partial charge on any atom is -0.348 e. The van der Waals surface area contributed by atoms with Crippen LogP contribution in [0.25, 0.3) is 0 Å². The normalized spacial score (nSPS) is 12.2. The molecule has 3 nitrogen and oxygen atoms in total. The molecule has 0 fully saturated rings. The Kier molecular flexibility index (Phi) is 3.59. The molecule has 0 aliphatic carbocycles. The zero-order valence-electron chi connectivity index (χ0n) is 7.96. The van der Waals surface area contributed by atoms with Crippen molar-refractivity contribution in [3.8, 4) is 0 Å². The molecule has 0 aliphatic heterocycles. The van der Waals surface area contributed by atoms with Crippen molar-refractivity contribution in [2.45, 2.75) is 13.0 Å². The van der Waals surface area contributed by atoms with Gasteiger partial charge in [0.25, 0.3) is 5.91 Å². The van der Waals surface area contributed by atoms with E-state index in [9.17, 15) is 9.18 Å². The Morgan fingerprint density at radius 1 is 1.57 bits per heavy atom. The standard InChI is InChI=1S/C10H13FN2O/c1-7(6-12)13-10(14)8-4-2-3-5-9(8)11/h2-5,7H,6,12H2,1H3,(H,13,14). The molecule has 0 aromatic heterocycles. The highest BCUT2D eigenvalue weighted by molar-refractivity contribution is 5.94. The number of carbonyl (C=O) groups excluding carboxylic acids is 1. The third-order valence-electron chi connectivity index (χ3n) is 1.85. The molecule has 4 heteroatoms. The lowest BCUT2D eigenvalue weighted by Crippen LogP contribution is -2.38. The Hall–Kier alpha value is -1.42. The van der Waals surface area contributed by atoms with E-state index in [1.807, 2.05) is 0 Å². The smallest absolute Gasteiger partial charge is 0.254 e. The van der Waals surface area contributed by atoms with Crippen LogP contribution in [0.1, 0.15) is 17.3 Å². The molecule has 76 valence electrons. The van der Waals surface area contributed by atoms with E-state index < -0.39 is 11.7 Å². The third kappa shape index (κ3) is 2.53. The molecule has 0 heterocycles. The van der Waals surface area contributed by atoms with Gasteiger partial charge in [-0.25, -0.2) is 4.39 Å². The van der Waals surface area contributed by atoms with E-state index >= 15 is 0 Å². The lowest BCUT2D eigenvalue weighted by atomic mass is 10.2. The summed E-state index contributed by atoms with van der Waals surface area (Å²) in [5.41, 5.74) is 5.38. The highest BCUT2D eigenvalue weighted by atomic mass is 19.1. The van der Waals surface area contributed by atoms with Gasteiger partial charge in [-0.2, -0.15) is 0 Å². The van der Waals surface area contributed by atoms with Crippen LogP contribution in [-0.2, 0) is 0 Å². The lowest BCUT2D eigenvalue weighted by molar-refractivity contribution is 0.0937. The first kappa shape index (κ1) is 10.7. The van der Waals surface area contributed by atoms with Gasteiger partial charge in [0.15, 0.2) is 0 Å². The molecule has 1 amide bonds. The highest BCUT2D eigenvalue weighted by Gasteiger charge is 2.11. The van der Waals surface area contributed by atoms with Gasteiger partial charge in [-0.05, 0) is 19.1 Å². The van der Waals surface area contributed by atoms with E-state index in [1.165, 1.54) is 12.1 Å². The zero-order valence-corrected chi connectivity index (χ0v) is 7.96. The van der Waals surface area contributed by atoms with Crippen molar-refractivity contribution in [3.63, 3.8) is 0 Å². The van der Waals surface area contributed by atoms with Gasteiger partial charge in [0.2, 0.25) is 0 Å². The van der Waals surface area contributed by atoms with Crippen molar-refractivity contribution in [1.29, 1.82) is 0 Å². The van der Waals surface area contributed by atoms with E-state index in [0.717, 1.165) is 0 Å².